The maximum atomic E-state index is 14.1. The fourth-order valence-corrected chi connectivity index (χ4v) is 3.96. The Hall–Kier alpha value is -4.40. The van der Waals surface area contributed by atoms with Gasteiger partial charge >= 0.3 is 0 Å². The molecule has 1 fully saturated rings. The normalized spacial score (nSPS) is 17.1. The fraction of sp³-hybridized carbons (Fsp3) is 0.160. The molecule has 174 valence electrons. The minimum Gasteiger partial charge on any atom is -0.507 e. The molecule has 0 bridgehead atoms. The number of benzene rings is 2. The van der Waals surface area contributed by atoms with Gasteiger partial charge in [-0.05, 0) is 48.0 Å². The van der Waals surface area contributed by atoms with E-state index in [1.165, 1.54) is 64.1 Å². The van der Waals surface area contributed by atoms with Gasteiger partial charge in [0.15, 0.2) is 11.5 Å². The second-order valence-electron chi connectivity index (χ2n) is 7.34. The molecule has 1 aromatic heterocycles. The number of methoxy groups -OCH3 is 3. The lowest BCUT2D eigenvalue weighted by molar-refractivity contribution is -0.132. The molecule has 0 spiro atoms. The number of halogens is 1. The monoisotopic (exact) mass is 464 g/mol. The zero-order valence-corrected chi connectivity index (χ0v) is 18.6. The molecule has 2 aromatic carbocycles. The average Bonchev–Trinajstić information content (AvgIpc) is 3.13. The molecule has 0 saturated carbocycles. The number of hydrogen-bond donors (Lipinski definition) is 1. The van der Waals surface area contributed by atoms with Crippen molar-refractivity contribution in [3.63, 3.8) is 0 Å². The highest BCUT2D eigenvalue weighted by molar-refractivity contribution is 6.51. The van der Waals surface area contributed by atoms with Crippen LogP contribution < -0.4 is 19.1 Å². The molecule has 0 aliphatic carbocycles. The number of aliphatic hydroxyl groups excluding tert-OH is 1. The number of carbonyl (C=O) groups is 2. The van der Waals surface area contributed by atoms with Crippen LogP contribution in [0.25, 0.3) is 5.76 Å². The molecule has 1 amide bonds. The van der Waals surface area contributed by atoms with Crippen molar-refractivity contribution in [2.24, 2.45) is 0 Å². The van der Waals surface area contributed by atoms with Gasteiger partial charge in [0.25, 0.3) is 11.7 Å². The van der Waals surface area contributed by atoms with Crippen molar-refractivity contribution in [2.75, 3.05) is 26.2 Å². The van der Waals surface area contributed by atoms with Crippen LogP contribution in [-0.2, 0) is 9.59 Å². The van der Waals surface area contributed by atoms with E-state index in [0.717, 1.165) is 11.0 Å². The summed E-state index contributed by atoms with van der Waals surface area (Å²) < 4.78 is 30.3. The zero-order chi connectivity index (χ0) is 24.4. The van der Waals surface area contributed by atoms with Crippen molar-refractivity contribution in [3.8, 4) is 17.2 Å². The van der Waals surface area contributed by atoms with E-state index in [0.29, 0.717) is 16.9 Å². The Morgan fingerprint density at radius 1 is 0.971 bits per heavy atom. The van der Waals surface area contributed by atoms with Gasteiger partial charge < -0.3 is 19.3 Å². The maximum absolute atomic E-state index is 14.1. The molecule has 3 aromatic rings. The molecular weight excluding hydrogens is 443 g/mol. The van der Waals surface area contributed by atoms with Crippen LogP contribution in [-0.4, -0.2) is 43.1 Å². The highest BCUT2D eigenvalue weighted by Crippen LogP contribution is 2.47. The van der Waals surface area contributed by atoms with Crippen LogP contribution >= 0.6 is 0 Å². The molecule has 1 aliphatic heterocycles. The second kappa shape index (κ2) is 9.22. The van der Waals surface area contributed by atoms with E-state index < -0.39 is 29.3 Å². The van der Waals surface area contributed by atoms with E-state index in [2.05, 4.69) is 4.98 Å². The van der Waals surface area contributed by atoms with Crippen molar-refractivity contribution < 1.29 is 33.3 Å². The molecular formula is C25H21FN2O6. The third-order valence-corrected chi connectivity index (χ3v) is 5.49. The number of Topliss-reactive ketones (excluding diaryl/α,β-unsaturated/α-hetero) is 1. The van der Waals surface area contributed by atoms with Gasteiger partial charge in [-0.2, -0.15) is 0 Å². The molecule has 9 heteroatoms. The van der Waals surface area contributed by atoms with Crippen LogP contribution in [0.15, 0.2) is 66.5 Å². The first-order valence-corrected chi connectivity index (χ1v) is 10.2. The highest BCUT2D eigenvalue weighted by Gasteiger charge is 2.47. The summed E-state index contributed by atoms with van der Waals surface area (Å²) in [4.78, 5) is 31.4. The molecule has 0 radical (unpaired) electrons. The number of anilines is 1. The number of hydrogen-bond acceptors (Lipinski definition) is 7. The minimum absolute atomic E-state index is 0.148. The highest BCUT2D eigenvalue weighted by atomic mass is 19.1. The number of pyridine rings is 1. The van der Waals surface area contributed by atoms with E-state index in [-0.39, 0.29) is 22.8 Å². The number of amides is 1. The summed E-state index contributed by atoms with van der Waals surface area (Å²) in [7, 11) is 4.31. The Kier molecular flexibility index (Phi) is 6.18. The number of ketones is 1. The van der Waals surface area contributed by atoms with Crippen molar-refractivity contribution in [2.45, 2.75) is 6.04 Å². The molecule has 1 atom stereocenters. The SMILES string of the molecule is COc1cc(C2/C(=C(\O)c3ccncc3)C(=O)C(=O)N2c2cccc(F)c2)cc(OC)c1OC. The zero-order valence-electron chi connectivity index (χ0n) is 18.6. The number of aliphatic hydroxyl groups is 1. The lowest BCUT2D eigenvalue weighted by atomic mass is 9.94. The first-order chi connectivity index (χ1) is 16.4. The summed E-state index contributed by atoms with van der Waals surface area (Å²) in [5.41, 5.74) is 0.655. The molecule has 34 heavy (non-hydrogen) atoms. The first-order valence-electron chi connectivity index (χ1n) is 10.2. The number of carbonyl (C=O) groups excluding carboxylic acids is 2. The summed E-state index contributed by atoms with van der Waals surface area (Å²) in [6.45, 7) is 0. The van der Waals surface area contributed by atoms with Crippen LogP contribution in [0, 0.1) is 5.82 Å². The van der Waals surface area contributed by atoms with Gasteiger partial charge in [0.1, 0.15) is 11.6 Å². The van der Waals surface area contributed by atoms with E-state index in [1.54, 1.807) is 12.1 Å². The van der Waals surface area contributed by atoms with Crippen molar-refractivity contribution in [1.82, 2.24) is 4.98 Å². The number of nitrogens with zero attached hydrogens (tertiary/aromatic N) is 2. The van der Waals surface area contributed by atoms with Crippen molar-refractivity contribution in [3.05, 3.63) is 83.4 Å². The standard InChI is InChI=1S/C25H21FN2O6/c1-32-18-11-15(12-19(33-2)24(18)34-3)21-20(22(29)14-7-9-27-10-8-14)23(30)25(31)28(21)17-6-4-5-16(26)13-17/h4-13,21,29H,1-3H3/b22-20+. The molecule has 4 rings (SSSR count). The predicted octanol–water partition coefficient (Wildman–Crippen LogP) is 3.87. The Bertz CT molecular complexity index is 1270. The van der Waals surface area contributed by atoms with Gasteiger partial charge in [0, 0.05) is 23.6 Å². The second-order valence-corrected chi connectivity index (χ2v) is 7.34. The number of aromatic nitrogens is 1. The largest absolute Gasteiger partial charge is 0.507 e. The lowest BCUT2D eigenvalue weighted by Crippen LogP contribution is -2.29. The Labute approximate surface area is 194 Å². The Morgan fingerprint density at radius 3 is 2.18 bits per heavy atom. The summed E-state index contributed by atoms with van der Waals surface area (Å²) in [5.74, 6) is -1.94. The molecule has 1 unspecified atom stereocenters. The van der Waals surface area contributed by atoms with Crippen LogP contribution in [0.1, 0.15) is 17.2 Å². The average molecular weight is 464 g/mol. The van der Waals surface area contributed by atoms with Crippen LogP contribution in [0.2, 0.25) is 0 Å². The third-order valence-electron chi connectivity index (χ3n) is 5.49. The topological polar surface area (TPSA) is 98.2 Å². The molecule has 1 saturated heterocycles. The Balaban J connectivity index is 2.02. The van der Waals surface area contributed by atoms with Gasteiger partial charge in [0.2, 0.25) is 5.75 Å². The third kappa shape index (κ3) is 3.81. The number of ether oxygens (including phenoxy) is 3. The van der Waals surface area contributed by atoms with Gasteiger partial charge in [-0.25, -0.2) is 4.39 Å². The summed E-state index contributed by atoms with van der Waals surface area (Å²) in [6, 6.07) is 10.4. The molecule has 1 aliphatic rings. The van der Waals surface area contributed by atoms with Crippen molar-refractivity contribution in [1.29, 1.82) is 0 Å². The van der Waals surface area contributed by atoms with E-state index >= 15 is 0 Å². The quantitative estimate of drug-likeness (QED) is 0.336. The summed E-state index contributed by atoms with van der Waals surface area (Å²) >= 11 is 0. The van der Waals surface area contributed by atoms with E-state index in [1.807, 2.05) is 0 Å². The maximum Gasteiger partial charge on any atom is 0.300 e. The molecule has 2 heterocycles. The summed E-state index contributed by atoms with van der Waals surface area (Å²) in [6.07, 6.45) is 2.90. The smallest absolute Gasteiger partial charge is 0.300 e. The van der Waals surface area contributed by atoms with Crippen LogP contribution in [0.4, 0.5) is 10.1 Å². The minimum atomic E-state index is -1.11. The van der Waals surface area contributed by atoms with Crippen LogP contribution in [0.5, 0.6) is 17.2 Å². The van der Waals surface area contributed by atoms with Gasteiger partial charge in [-0.15, -0.1) is 0 Å². The summed E-state index contributed by atoms with van der Waals surface area (Å²) in [5, 5.41) is 11.1. The molecule has 1 N–H and O–H groups in total. The first kappa shape index (κ1) is 22.8. The van der Waals surface area contributed by atoms with Gasteiger partial charge in [-0.1, -0.05) is 6.07 Å². The Morgan fingerprint density at radius 2 is 1.62 bits per heavy atom. The van der Waals surface area contributed by atoms with Crippen LogP contribution in [0.3, 0.4) is 0 Å². The number of rotatable bonds is 6. The molecule has 8 nitrogen and oxygen atoms in total. The van der Waals surface area contributed by atoms with Gasteiger partial charge in [-0.3, -0.25) is 19.5 Å². The fourth-order valence-electron chi connectivity index (χ4n) is 3.96. The van der Waals surface area contributed by atoms with E-state index in [9.17, 15) is 19.1 Å². The van der Waals surface area contributed by atoms with Gasteiger partial charge in [0.05, 0.1) is 32.9 Å². The predicted molar refractivity (Wildman–Crippen MR) is 122 cm³/mol. The van der Waals surface area contributed by atoms with Crippen molar-refractivity contribution >= 4 is 23.1 Å². The van der Waals surface area contributed by atoms with E-state index in [4.69, 9.17) is 14.2 Å². The lowest BCUT2D eigenvalue weighted by Gasteiger charge is -2.26.